The van der Waals surface area contributed by atoms with Crippen molar-refractivity contribution in [2.75, 3.05) is 13.6 Å². The van der Waals surface area contributed by atoms with Gasteiger partial charge in [0.2, 0.25) is 0 Å². The molecule has 5 nitrogen and oxygen atoms in total. The van der Waals surface area contributed by atoms with Crippen LogP contribution in [0.25, 0.3) is 0 Å². The predicted octanol–water partition coefficient (Wildman–Crippen LogP) is 2.40. The van der Waals surface area contributed by atoms with Crippen LogP contribution >= 0.6 is 0 Å². The molecule has 0 bridgehead atoms. The number of hydrogen-bond donors (Lipinski definition) is 0. The molecule has 2 aromatic rings. The van der Waals surface area contributed by atoms with Crippen LogP contribution in [0.4, 0.5) is 0 Å². The van der Waals surface area contributed by atoms with Gasteiger partial charge in [-0.05, 0) is 43.0 Å². The summed E-state index contributed by atoms with van der Waals surface area (Å²) < 4.78 is 2.18. The summed E-state index contributed by atoms with van der Waals surface area (Å²) in [7, 11) is 1.85. The Morgan fingerprint density at radius 2 is 2.35 bits per heavy atom. The number of nitriles is 1. The lowest BCUT2D eigenvalue weighted by molar-refractivity contribution is 0.0763. The van der Waals surface area contributed by atoms with Gasteiger partial charge in [-0.25, -0.2) is 4.98 Å². The van der Waals surface area contributed by atoms with E-state index in [-0.39, 0.29) is 5.91 Å². The van der Waals surface area contributed by atoms with Gasteiger partial charge in [-0.1, -0.05) is 0 Å². The number of nitrogens with zero attached hydrogens (tertiary/aromatic N) is 4. The molecule has 0 radical (unpaired) electrons. The summed E-state index contributed by atoms with van der Waals surface area (Å²) in [5, 5.41) is 8.93. The summed E-state index contributed by atoms with van der Waals surface area (Å²) in [6, 6.07) is 7.31. The Bertz CT molecular complexity index is 772. The number of rotatable bonds is 3. The Hall–Kier alpha value is -2.61. The van der Waals surface area contributed by atoms with E-state index in [2.05, 4.69) is 15.6 Å². The smallest absolute Gasteiger partial charge is 0.253 e. The first-order valence-electron chi connectivity index (χ1n) is 7.84. The lowest BCUT2D eigenvalue weighted by atomic mass is 9.96. The van der Waals surface area contributed by atoms with Gasteiger partial charge in [0.1, 0.15) is 5.82 Å². The fraction of sp³-hybridized carbons (Fsp3) is 0.389. The largest absolute Gasteiger partial charge is 0.341 e. The minimum atomic E-state index is 0.0147. The van der Waals surface area contributed by atoms with Crippen LogP contribution in [-0.4, -0.2) is 34.0 Å². The molecule has 0 spiro atoms. The zero-order valence-electron chi connectivity index (χ0n) is 13.5. The maximum absolute atomic E-state index is 12.7. The van der Waals surface area contributed by atoms with Crippen molar-refractivity contribution >= 4 is 5.91 Å². The molecule has 2 heterocycles. The second-order valence-electron chi connectivity index (χ2n) is 6.22. The van der Waals surface area contributed by atoms with Crippen LogP contribution < -0.4 is 0 Å². The second kappa shape index (κ2) is 6.25. The number of imidazole rings is 1. The number of aromatic nitrogens is 2. The minimum Gasteiger partial charge on any atom is -0.341 e. The van der Waals surface area contributed by atoms with Crippen molar-refractivity contribution in [3.8, 4) is 6.07 Å². The fourth-order valence-electron chi connectivity index (χ4n) is 3.22. The molecule has 0 fully saturated rings. The minimum absolute atomic E-state index is 0.0147. The molecule has 0 aliphatic carbocycles. The first-order chi connectivity index (χ1) is 11.1. The average molecular weight is 308 g/mol. The van der Waals surface area contributed by atoms with E-state index in [0.717, 1.165) is 37.3 Å². The molecule has 1 aliphatic rings. The number of amides is 1. The molecule has 0 unspecified atom stereocenters. The quantitative estimate of drug-likeness (QED) is 0.874. The standard InChI is InChI=1S/C18H20N4O/c1-13-9-14(11-19)3-4-16(13)18(23)21(2)12-15-5-7-22-8-6-20-17(22)10-15/h3-4,6,8-9,15H,5,7,10,12H2,1-2H3/t15-/m1/s1. The number of fused-ring (bicyclic) bond motifs is 1. The van der Waals surface area contributed by atoms with Gasteiger partial charge in [0.25, 0.3) is 5.91 Å². The summed E-state index contributed by atoms with van der Waals surface area (Å²) in [4.78, 5) is 18.8. The van der Waals surface area contributed by atoms with Crippen LogP contribution in [0, 0.1) is 24.2 Å². The van der Waals surface area contributed by atoms with E-state index in [1.807, 2.05) is 26.4 Å². The number of carbonyl (C=O) groups is 1. The highest BCUT2D eigenvalue weighted by Crippen LogP contribution is 2.21. The van der Waals surface area contributed by atoms with Crippen molar-refractivity contribution < 1.29 is 4.79 Å². The van der Waals surface area contributed by atoms with E-state index in [1.165, 1.54) is 0 Å². The second-order valence-corrected chi connectivity index (χ2v) is 6.22. The molecule has 3 rings (SSSR count). The monoisotopic (exact) mass is 308 g/mol. The molecule has 1 aliphatic heterocycles. The Morgan fingerprint density at radius 3 is 3.09 bits per heavy atom. The zero-order chi connectivity index (χ0) is 16.4. The summed E-state index contributed by atoms with van der Waals surface area (Å²) in [6.45, 7) is 3.57. The summed E-state index contributed by atoms with van der Waals surface area (Å²) in [5.41, 5.74) is 2.10. The third-order valence-corrected chi connectivity index (χ3v) is 4.52. The highest BCUT2D eigenvalue weighted by molar-refractivity contribution is 5.95. The van der Waals surface area contributed by atoms with Crippen molar-refractivity contribution in [1.29, 1.82) is 5.26 Å². The van der Waals surface area contributed by atoms with Crippen LogP contribution in [0.2, 0.25) is 0 Å². The number of benzene rings is 1. The van der Waals surface area contributed by atoms with Crippen molar-refractivity contribution in [1.82, 2.24) is 14.5 Å². The number of hydrogen-bond acceptors (Lipinski definition) is 3. The van der Waals surface area contributed by atoms with E-state index >= 15 is 0 Å². The summed E-state index contributed by atoms with van der Waals surface area (Å²) >= 11 is 0. The van der Waals surface area contributed by atoms with Gasteiger partial charge >= 0.3 is 0 Å². The lowest BCUT2D eigenvalue weighted by Crippen LogP contribution is -2.35. The van der Waals surface area contributed by atoms with E-state index < -0.39 is 0 Å². The molecule has 0 saturated carbocycles. The van der Waals surface area contributed by atoms with Crippen molar-refractivity contribution in [3.63, 3.8) is 0 Å². The molecule has 118 valence electrons. The van der Waals surface area contributed by atoms with Crippen LogP contribution in [0.3, 0.4) is 0 Å². The van der Waals surface area contributed by atoms with E-state index in [9.17, 15) is 4.79 Å². The maximum Gasteiger partial charge on any atom is 0.253 e. The van der Waals surface area contributed by atoms with Crippen LogP contribution in [0.15, 0.2) is 30.6 Å². The van der Waals surface area contributed by atoms with Crippen LogP contribution in [0.5, 0.6) is 0 Å². The maximum atomic E-state index is 12.7. The summed E-state index contributed by atoms with van der Waals surface area (Å²) in [5.74, 6) is 1.56. The van der Waals surface area contributed by atoms with E-state index in [0.29, 0.717) is 17.0 Å². The topological polar surface area (TPSA) is 61.9 Å². The van der Waals surface area contributed by atoms with Gasteiger partial charge in [-0.3, -0.25) is 4.79 Å². The van der Waals surface area contributed by atoms with E-state index in [4.69, 9.17) is 5.26 Å². The average Bonchev–Trinajstić information content (AvgIpc) is 3.01. The third-order valence-electron chi connectivity index (χ3n) is 4.52. The Balaban J connectivity index is 1.68. The van der Waals surface area contributed by atoms with Gasteiger partial charge in [0.15, 0.2) is 0 Å². The molecule has 1 atom stereocenters. The van der Waals surface area contributed by atoms with Gasteiger partial charge < -0.3 is 9.47 Å². The molecular formula is C18H20N4O. The molecule has 1 amide bonds. The Morgan fingerprint density at radius 1 is 1.52 bits per heavy atom. The molecule has 1 aromatic carbocycles. The van der Waals surface area contributed by atoms with Gasteiger partial charge in [0, 0.05) is 44.5 Å². The first kappa shape index (κ1) is 15.3. The van der Waals surface area contributed by atoms with Crippen molar-refractivity contribution in [2.24, 2.45) is 5.92 Å². The zero-order valence-corrected chi connectivity index (χ0v) is 13.5. The first-order valence-corrected chi connectivity index (χ1v) is 7.84. The molecular weight excluding hydrogens is 288 g/mol. The molecule has 0 saturated heterocycles. The molecule has 0 N–H and O–H groups in total. The van der Waals surface area contributed by atoms with Gasteiger partial charge in [-0.15, -0.1) is 0 Å². The highest BCUT2D eigenvalue weighted by atomic mass is 16.2. The van der Waals surface area contributed by atoms with Crippen molar-refractivity contribution in [3.05, 3.63) is 53.1 Å². The fourth-order valence-corrected chi connectivity index (χ4v) is 3.22. The summed E-state index contributed by atoms with van der Waals surface area (Å²) in [6.07, 6.45) is 5.83. The lowest BCUT2D eigenvalue weighted by Gasteiger charge is -2.28. The van der Waals surface area contributed by atoms with Crippen LogP contribution in [0.1, 0.15) is 33.7 Å². The van der Waals surface area contributed by atoms with Crippen molar-refractivity contribution in [2.45, 2.75) is 26.3 Å². The molecule has 5 heteroatoms. The normalized spacial score (nSPS) is 16.5. The SMILES string of the molecule is Cc1cc(C#N)ccc1C(=O)N(C)C[C@@H]1CCn2ccnc2C1. The molecule has 23 heavy (non-hydrogen) atoms. The van der Waals surface area contributed by atoms with Gasteiger partial charge in [-0.2, -0.15) is 5.26 Å². The predicted molar refractivity (Wildman–Crippen MR) is 86.9 cm³/mol. The molecule has 1 aromatic heterocycles. The Labute approximate surface area is 136 Å². The Kier molecular flexibility index (Phi) is 4.16. The van der Waals surface area contributed by atoms with Gasteiger partial charge in [0.05, 0.1) is 11.6 Å². The van der Waals surface area contributed by atoms with E-state index in [1.54, 1.807) is 23.1 Å². The highest BCUT2D eigenvalue weighted by Gasteiger charge is 2.23. The van der Waals surface area contributed by atoms with Crippen LogP contribution in [-0.2, 0) is 13.0 Å². The third kappa shape index (κ3) is 3.11. The number of aryl methyl sites for hydroxylation is 2. The number of carbonyl (C=O) groups excluding carboxylic acids is 1.